The minimum Gasteiger partial charge on any atom is -0.487 e. The highest BCUT2D eigenvalue weighted by atomic mass is 19.1. The topological polar surface area (TPSA) is 96.9 Å². The van der Waals surface area contributed by atoms with Crippen LogP contribution in [0.1, 0.15) is 20.3 Å². The van der Waals surface area contributed by atoms with Gasteiger partial charge in [-0.1, -0.05) is 6.07 Å². The lowest BCUT2D eigenvalue weighted by Gasteiger charge is -2.42. The van der Waals surface area contributed by atoms with Crippen LogP contribution in [0.2, 0.25) is 0 Å². The molecule has 1 saturated heterocycles. The third-order valence-electron chi connectivity index (χ3n) is 5.65. The third kappa shape index (κ3) is 4.68. The Morgan fingerprint density at radius 3 is 2.88 bits per heavy atom. The van der Waals surface area contributed by atoms with Crippen molar-refractivity contribution in [3.8, 4) is 5.75 Å². The number of halogens is 1. The lowest BCUT2D eigenvalue weighted by atomic mass is 9.91. The number of ether oxygens (including phenoxy) is 1. The average Bonchev–Trinajstić information content (AvgIpc) is 3.03. The quantitative estimate of drug-likeness (QED) is 0.608. The first-order valence-electron chi connectivity index (χ1n) is 10.6. The van der Waals surface area contributed by atoms with Crippen LogP contribution in [0.25, 0.3) is 11.1 Å². The highest BCUT2D eigenvalue weighted by Gasteiger charge is 2.40. The van der Waals surface area contributed by atoms with E-state index in [4.69, 9.17) is 9.15 Å². The van der Waals surface area contributed by atoms with E-state index in [1.54, 1.807) is 37.3 Å². The zero-order chi connectivity index (χ0) is 22.9. The Labute approximate surface area is 184 Å². The van der Waals surface area contributed by atoms with Crippen LogP contribution in [0, 0.1) is 5.82 Å². The molecule has 2 aromatic carbocycles. The second-order valence-electron chi connectivity index (χ2n) is 8.26. The van der Waals surface area contributed by atoms with Crippen molar-refractivity contribution in [2.24, 2.45) is 0 Å². The summed E-state index contributed by atoms with van der Waals surface area (Å²) in [6.45, 7) is 4.85. The van der Waals surface area contributed by atoms with Gasteiger partial charge in [0.2, 0.25) is 5.91 Å². The molecule has 2 N–H and O–H groups in total. The normalized spacial score (nSPS) is 21.6. The van der Waals surface area contributed by atoms with Gasteiger partial charge < -0.3 is 19.6 Å². The molecule has 0 unspecified atom stereocenters. The first kappa shape index (κ1) is 22.0. The lowest BCUT2D eigenvalue weighted by molar-refractivity contribution is -0.123. The maximum absolute atomic E-state index is 13.4. The molecule has 4 rings (SSSR count). The second kappa shape index (κ2) is 8.76. The van der Waals surface area contributed by atoms with Gasteiger partial charge in [-0.2, -0.15) is 0 Å². The summed E-state index contributed by atoms with van der Waals surface area (Å²) in [7, 11) is 0. The van der Waals surface area contributed by atoms with Crippen molar-refractivity contribution in [1.82, 2.24) is 9.47 Å². The number of aliphatic hydroxyl groups is 1. The molecule has 0 bridgehead atoms. The van der Waals surface area contributed by atoms with Gasteiger partial charge in [0.05, 0.1) is 12.1 Å². The van der Waals surface area contributed by atoms with E-state index in [1.165, 1.54) is 16.7 Å². The lowest BCUT2D eigenvalue weighted by Crippen LogP contribution is -2.58. The highest BCUT2D eigenvalue weighted by molar-refractivity contribution is 5.94. The van der Waals surface area contributed by atoms with E-state index >= 15 is 0 Å². The Kier molecular flexibility index (Phi) is 6.03. The molecule has 9 heteroatoms. The number of aromatic nitrogens is 1. The number of anilines is 1. The van der Waals surface area contributed by atoms with Crippen LogP contribution in [0.15, 0.2) is 51.7 Å². The van der Waals surface area contributed by atoms with Crippen LogP contribution in [-0.2, 0) is 11.3 Å². The molecule has 3 aromatic rings. The molecule has 1 aliphatic heterocycles. The zero-order valence-corrected chi connectivity index (χ0v) is 18.0. The molecule has 170 valence electrons. The minimum absolute atomic E-state index is 0.0841. The number of aryl methyl sites for hydroxylation is 1. The number of nitrogens with zero attached hydrogens (tertiary/aromatic N) is 2. The SMILES string of the molecule is CCn1c(=O)oc2cc(NC(=O)CN3CC[C@H](Oc4cccc(F)c4)[C@@](C)(O)C3)ccc21. The van der Waals surface area contributed by atoms with Crippen LogP contribution in [0.5, 0.6) is 5.75 Å². The fourth-order valence-corrected chi connectivity index (χ4v) is 4.12. The molecule has 8 nitrogen and oxygen atoms in total. The molecule has 2 heterocycles. The van der Waals surface area contributed by atoms with Crippen LogP contribution in [0.4, 0.5) is 10.1 Å². The first-order valence-corrected chi connectivity index (χ1v) is 10.6. The Bertz CT molecular complexity index is 1190. The van der Waals surface area contributed by atoms with Gasteiger partial charge in [-0.3, -0.25) is 14.3 Å². The number of carbonyl (C=O) groups excluding carboxylic acids is 1. The van der Waals surface area contributed by atoms with Gasteiger partial charge in [-0.25, -0.2) is 9.18 Å². The van der Waals surface area contributed by atoms with Crippen molar-refractivity contribution >= 4 is 22.7 Å². The molecule has 1 aliphatic rings. The van der Waals surface area contributed by atoms with Gasteiger partial charge in [0.1, 0.15) is 23.3 Å². The van der Waals surface area contributed by atoms with Crippen molar-refractivity contribution < 1.29 is 23.4 Å². The number of piperidine rings is 1. The number of hydrogen-bond acceptors (Lipinski definition) is 6. The Balaban J connectivity index is 1.36. The third-order valence-corrected chi connectivity index (χ3v) is 5.65. The van der Waals surface area contributed by atoms with Crippen molar-refractivity contribution in [1.29, 1.82) is 0 Å². The maximum atomic E-state index is 13.4. The average molecular weight is 443 g/mol. The fraction of sp³-hybridized carbons (Fsp3) is 0.391. The Morgan fingerprint density at radius 1 is 1.34 bits per heavy atom. The Morgan fingerprint density at radius 2 is 2.16 bits per heavy atom. The zero-order valence-electron chi connectivity index (χ0n) is 18.0. The predicted octanol–water partition coefficient (Wildman–Crippen LogP) is 2.60. The standard InChI is InChI=1S/C23H26FN3O5/c1-3-27-18-8-7-16(12-19(18)32-22(27)29)25-21(28)13-26-10-9-20(23(2,30)14-26)31-17-6-4-5-15(24)11-17/h4-8,11-12,20,30H,3,9-10,13-14H2,1-2H3,(H,25,28)/t20-,23-/m0/s1. The van der Waals surface area contributed by atoms with Gasteiger partial charge in [-0.15, -0.1) is 0 Å². The van der Waals surface area contributed by atoms with E-state index in [0.717, 1.165) is 0 Å². The number of β-amino-alcohol motifs (C(OH)–C–C–N with tert-alkyl or cyclic N) is 1. The number of likely N-dealkylation sites (tertiary alicyclic amines) is 1. The van der Waals surface area contributed by atoms with Crippen molar-refractivity contribution in [2.75, 3.05) is 25.0 Å². The summed E-state index contributed by atoms with van der Waals surface area (Å²) in [5, 5.41) is 13.7. The highest BCUT2D eigenvalue weighted by Crippen LogP contribution is 2.27. The molecular weight excluding hydrogens is 417 g/mol. The number of carbonyl (C=O) groups is 1. The summed E-state index contributed by atoms with van der Waals surface area (Å²) in [5.41, 5.74) is 0.395. The molecule has 1 aromatic heterocycles. The van der Waals surface area contributed by atoms with E-state index in [2.05, 4.69) is 5.32 Å². The van der Waals surface area contributed by atoms with Crippen LogP contribution in [-0.4, -0.2) is 51.8 Å². The fourth-order valence-electron chi connectivity index (χ4n) is 4.12. The summed E-state index contributed by atoms with van der Waals surface area (Å²) < 4.78 is 26.0. The number of oxazole rings is 1. The summed E-state index contributed by atoms with van der Waals surface area (Å²) in [6, 6.07) is 10.9. The number of amides is 1. The van der Waals surface area contributed by atoms with Gasteiger partial charge >= 0.3 is 5.76 Å². The summed E-state index contributed by atoms with van der Waals surface area (Å²) in [4.78, 5) is 26.2. The maximum Gasteiger partial charge on any atom is 0.419 e. The molecule has 0 aliphatic carbocycles. The summed E-state index contributed by atoms with van der Waals surface area (Å²) in [5.74, 6) is -0.723. The number of nitrogens with one attached hydrogen (secondary N) is 1. The van der Waals surface area contributed by atoms with Crippen LogP contribution >= 0.6 is 0 Å². The van der Waals surface area contributed by atoms with Crippen molar-refractivity contribution in [2.45, 2.75) is 38.5 Å². The number of hydrogen-bond donors (Lipinski definition) is 2. The molecule has 1 amide bonds. The molecule has 0 radical (unpaired) electrons. The first-order chi connectivity index (χ1) is 15.2. The van der Waals surface area contributed by atoms with Gasteiger partial charge in [-0.05, 0) is 44.5 Å². The number of benzene rings is 2. The largest absolute Gasteiger partial charge is 0.487 e. The summed E-state index contributed by atoms with van der Waals surface area (Å²) >= 11 is 0. The van der Waals surface area contributed by atoms with Crippen molar-refractivity contribution in [3.05, 3.63) is 58.8 Å². The monoisotopic (exact) mass is 443 g/mol. The van der Waals surface area contributed by atoms with E-state index in [9.17, 15) is 19.1 Å². The van der Waals surface area contributed by atoms with E-state index in [0.29, 0.717) is 42.0 Å². The number of fused-ring (bicyclic) bond motifs is 1. The van der Waals surface area contributed by atoms with Crippen molar-refractivity contribution in [3.63, 3.8) is 0 Å². The number of rotatable bonds is 6. The molecule has 0 spiro atoms. The molecule has 0 saturated carbocycles. The summed E-state index contributed by atoms with van der Waals surface area (Å²) in [6.07, 6.45) is -0.0325. The van der Waals surface area contributed by atoms with Crippen LogP contribution < -0.4 is 15.8 Å². The smallest absolute Gasteiger partial charge is 0.419 e. The van der Waals surface area contributed by atoms with Gasteiger partial charge in [0.25, 0.3) is 0 Å². The predicted molar refractivity (Wildman–Crippen MR) is 117 cm³/mol. The van der Waals surface area contributed by atoms with Gasteiger partial charge in [0, 0.05) is 37.5 Å². The minimum atomic E-state index is -1.21. The van der Waals surface area contributed by atoms with E-state index in [1.807, 2.05) is 11.8 Å². The van der Waals surface area contributed by atoms with E-state index in [-0.39, 0.29) is 19.0 Å². The van der Waals surface area contributed by atoms with Gasteiger partial charge in [0.15, 0.2) is 5.58 Å². The molecular formula is C23H26FN3O5. The van der Waals surface area contributed by atoms with Crippen LogP contribution in [0.3, 0.4) is 0 Å². The molecule has 32 heavy (non-hydrogen) atoms. The molecule has 1 fully saturated rings. The van der Waals surface area contributed by atoms with E-state index < -0.39 is 23.3 Å². The Hall–Kier alpha value is -3.17. The molecule has 2 atom stereocenters. The second-order valence-corrected chi connectivity index (χ2v) is 8.26.